The average molecular weight is 299 g/mol. The van der Waals surface area contributed by atoms with Crippen molar-refractivity contribution in [3.05, 3.63) is 11.9 Å². The fraction of sp³-hybridized carbons (Fsp3) is 0.636. The molecule has 2 heterocycles. The second kappa shape index (κ2) is 7.25. The minimum Gasteiger partial charge on any atom is -0.480 e. The molecule has 2 rings (SSSR count). The first kappa shape index (κ1) is 14.8. The molecular weight excluding hydrogens is 282 g/mol. The van der Waals surface area contributed by atoms with Crippen molar-refractivity contribution in [2.45, 2.75) is 6.54 Å². The molecule has 0 spiro atoms. The van der Waals surface area contributed by atoms with E-state index in [1.54, 1.807) is 0 Å². The number of nitrogens with one attached hydrogen (secondary N) is 1. The summed E-state index contributed by atoms with van der Waals surface area (Å²) in [6, 6.07) is 0. The third-order valence-corrected chi connectivity index (χ3v) is 3.83. The lowest BCUT2D eigenvalue weighted by Gasteiger charge is -2.25. The number of thioether (sulfide) groups is 1. The Hall–Kier alpha value is -1.61. The molecule has 1 aliphatic heterocycles. The molecular formula is C11H17N5O3S. The lowest BCUT2D eigenvalue weighted by molar-refractivity contribution is -0.137. The van der Waals surface area contributed by atoms with Crippen LogP contribution in [-0.2, 0) is 11.3 Å². The lowest BCUT2D eigenvalue weighted by atomic mass is 10.4. The number of carboxylic acids is 1. The zero-order chi connectivity index (χ0) is 14.4. The van der Waals surface area contributed by atoms with Crippen LogP contribution in [0.25, 0.3) is 0 Å². The Morgan fingerprint density at radius 2 is 2.15 bits per heavy atom. The highest BCUT2D eigenvalue weighted by atomic mass is 32.2. The van der Waals surface area contributed by atoms with Crippen LogP contribution < -0.4 is 5.32 Å². The van der Waals surface area contributed by atoms with Crippen molar-refractivity contribution < 1.29 is 14.7 Å². The molecule has 0 aromatic carbocycles. The quantitative estimate of drug-likeness (QED) is 0.705. The number of aliphatic carboxylic acids is 1. The zero-order valence-corrected chi connectivity index (χ0v) is 11.8. The first-order chi connectivity index (χ1) is 9.65. The Kier molecular flexibility index (Phi) is 5.36. The Bertz CT molecular complexity index is 472. The first-order valence-corrected chi connectivity index (χ1v) is 7.51. The molecule has 0 atom stereocenters. The number of carbonyl (C=O) groups is 2. The van der Waals surface area contributed by atoms with Crippen molar-refractivity contribution in [2.24, 2.45) is 0 Å². The van der Waals surface area contributed by atoms with Crippen LogP contribution in [0.1, 0.15) is 10.5 Å². The van der Waals surface area contributed by atoms with Gasteiger partial charge in [-0.1, -0.05) is 5.21 Å². The molecule has 1 amide bonds. The number of amides is 1. The van der Waals surface area contributed by atoms with E-state index in [-0.39, 0.29) is 18.1 Å². The molecule has 0 radical (unpaired) electrons. The fourth-order valence-electron chi connectivity index (χ4n) is 1.86. The molecule has 1 aromatic rings. The van der Waals surface area contributed by atoms with Gasteiger partial charge < -0.3 is 10.4 Å². The summed E-state index contributed by atoms with van der Waals surface area (Å²) in [6.45, 7) is 3.17. The van der Waals surface area contributed by atoms with Crippen LogP contribution >= 0.6 is 11.8 Å². The maximum atomic E-state index is 11.8. The van der Waals surface area contributed by atoms with Gasteiger partial charge in [-0.3, -0.25) is 14.5 Å². The van der Waals surface area contributed by atoms with E-state index in [0.717, 1.165) is 35.8 Å². The molecule has 1 aromatic heterocycles. The fourth-order valence-corrected chi connectivity index (χ4v) is 2.84. The Morgan fingerprint density at radius 1 is 1.40 bits per heavy atom. The molecule has 20 heavy (non-hydrogen) atoms. The number of carboxylic acid groups (broad SMARTS) is 1. The zero-order valence-electron chi connectivity index (χ0n) is 11.0. The molecule has 0 bridgehead atoms. The van der Waals surface area contributed by atoms with Gasteiger partial charge in [0.2, 0.25) is 0 Å². The molecule has 1 aliphatic rings. The van der Waals surface area contributed by atoms with Crippen LogP contribution in [-0.4, -0.2) is 74.6 Å². The molecule has 1 saturated heterocycles. The van der Waals surface area contributed by atoms with Crippen molar-refractivity contribution in [1.29, 1.82) is 0 Å². The molecule has 1 fully saturated rings. The summed E-state index contributed by atoms with van der Waals surface area (Å²) in [7, 11) is 0. The largest absolute Gasteiger partial charge is 0.480 e. The van der Waals surface area contributed by atoms with Crippen LogP contribution in [0.2, 0.25) is 0 Å². The van der Waals surface area contributed by atoms with Gasteiger partial charge in [0.25, 0.3) is 5.91 Å². The van der Waals surface area contributed by atoms with Crippen LogP contribution in [0, 0.1) is 0 Å². The van der Waals surface area contributed by atoms with Gasteiger partial charge in [0.05, 0.1) is 6.20 Å². The standard InChI is InChI=1S/C11H17N5O3S/c17-10(18)8-16-7-9(13-14-16)11(19)12-1-2-15-3-5-20-6-4-15/h7H,1-6,8H2,(H,12,19)(H,17,18). The second-order valence-electron chi connectivity index (χ2n) is 4.41. The van der Waals surface area contributed by atoms with Crippen molar-refractivity contribution in [3.63, 3.8) is 0 Å². The molecule has 2 N–H and O–H groups in total. The molecule has 110 valence electrons. The number of hydrogen-bond donors (Lipinski definition) is 2. The van der Waals surface area contributed by atoms with Gasteiger partial charge in [-0.25, -0.2) is 4.68 Å². The van der Waals surface area contributed by atoms with Crippen molar-refractivity contribution in [2.75, 3.05) is 37.7 Å². The molecule has 8 nitrogen and oxygen atoms in total. The number of carbonyl (C=O) groups excluding carboxylic acids is 1. The monoisotopic (exact) mass is 299 g/mol. The summed E-state index contributed by atoms with van der Waals surface area (Å²) in [5.41, 5.74) is 0.139. The highest BCUT2D eigenvalue weighted by molar-refractivity contribution is 7.99. The van der Waals surface area contributed by atoms with Gasteiger partial charge in [0.1, 0.15) is 6.54 Å². The Balaban J connectivity index is 1.73. The highest BCUT2D eigenvalue weighted by Crippen LogP contribution is 2.07. The van der Waals surface area contributed by atoms with E-state index < -0.39 is 5.97 Å². The van der Waals surface area contributed by atoms with Gasteiger partial charge in [0.15, 0.2) is 5.69 Å². The number of rotatable bonds is 6. The summed E-state index contributed by atoms with van der Waals surface area (Å²) < 4.78 is 1.12. The summed E-state index contributed by atoms with van der Waals surface area (Å²) in [4.78, 5) is 24.6. The van der Waals surface area contributed by atoms with Crippen LogP contribution in [0.5, 0.6) is 0 Å². The van der Waals surface area contributed by atoms with Gasteiger partial charge >= 0.3 is 5.97 Å². The van der Waals surface area contributed by atoms with E-state index in [9.17, 15) is 9.59 Å². The van der Waals surface area contributed by atoms with Crippen molar-refractivity contribution in [1.82, 2.24) is 25.2 Å². The van der Waals surface area contributed by atoms with Crippen molar-refractivity contribution >= 4 is 23.6 Å². The van der Waals surface area contributed by atoms with Gasteiger partial charge in [-0.2, -0.15) is 11.8 Å². The third kappa shape index (κ3) is 4.49. The van der Waals surface area contributed by atoms with Crippen molar-refractivity contribution in [3.8, 4) is 0 Å². The van der Waals surface area contributed by atoms with E-state index in [4.69, 9.17) is 5.11 Å². The van der Waals surface area contributed by atoms with E-state index >= 15 is 0 Å². The Morgan fingerprint density at radius 3 is 2.85 bits per heavy atom. The van der Waals surface area contributed by atoms with E-state index in [1.807, 2.05) is 11.8 Å². The van der Waals surface area contributed by atoms with Gasteiger partial charge in [-0.05, 0) is 0 Å². The normalized spacial score (nSPS) is 16.0. The summed E-state index contributed by atoms with van der Waals surface area (Å²) in [5, 5.41) is 18.6. The maximum absolute atomic E-state index is 11.8. The van der Waals surface area contributed by atoms with Crippen LogP contribution in [0.15, 0.2) is 6.20 Å². The predicted molar refractivity (Wildman–Crippen MR) is 73.8 cm³/mol. The maximum Gasteiger partial charge on any atom is 0.325 e. The number of nitrogens with zero attached hydrogens (tertiary/aromatic N) is 4. The molecule has 0 saturated carbocycles. The van der Waals surface area contributed by atoms with Crippen LogP contribution in [0.3, 0.4) is 0 Å². The third-order valence-electron chi connectivity index (χ3n) is 2.89. The predicted octanol–water partition coefficient (Wildman–Crippen LogP) is -0.859. The SMILES string of the molecule is O=C(O)Cn1cc(C(=O)NCCN2CCSCC2)nn1. The molecule has 9 heteroatoms. The van der Waals surface area contributed by atoms with Crippen LogP contribution in [0.4, 0.5) is 0 Å². The second-order valence-corrected chi connectivity index (χ2v) is 5.63. The summed E-state index contributed by atoms with van der Waals surface area (Å²) in [5.74, 6) is 0.924. The Labute approximate surface area is 120 Å². The highest BCUT2D eigenvalue weighted by Gasteiger charge is 2.13. The molecule has 0 aliphatic carbocycles. The van der Waals surface area contributed by atoms with Gasteiger partial charge in [0, 0.05) is 37.7 Å². The number of aromatic nitrogens is 3. The van der Waals surface area contributed by atoms with Gasteiger partial charge in [-0.15, -0.1) is 5.10 Å². The first-order valence-electron chi connectivity index (χ1n) is 6.35. The smallest absolute Gasteiger partial charge is 0.325 e. The molecule has 0 unspecified atom stereocenters. The number of hydrogen-bond acceptors (Lipinski definition) is 6. The summed E-state index contributed by atoms with van der Waals surface area (Å²) >= 11 is 1.94. The summed E-state index contributed by atoms with van der Waals surface area (Å²) in [6.07, 6.45) is 1.33. The van der Waals surface area contributed by atoms with E-state index in [2.05, 4.69) is 20.5 Å². The minimum atomic E-state index is -1.02. The van der Waals surface area contributed by atoms with E-state index in [0.29, 0.717) is 6.54 Å². The average Bonchev–Trinajstić information content (AvgIpc) is 2.87. The lowest BCUT2D eigenvalue weighted by Crippen LogP contribution is -2.39. The topological polar surface area (TPSA) is 100 Å². The van der Waals surface area contributed by atoms with E-state index in [1.165, 1.54) is 6.20 Å². The minimum absolute atomic E-state index is 0.139.